The Kier molecular flexibility index (Phi) is 4.51. The molecule has 3 nitrogen and oxygen atoms in total. The molecule has 0 aromatic heterocycles. The molecular formula is C22H31NO2. The molecule has 0 aliphatic heterocycles. The van der Waals surface area contributed by atoms with Crippen LogP contribution in [0.2, 0.25) is 0 Å². The first-order valence-electron chi connectivity index (χ1n) is 10.1. The monoisotopic (exact) mass is 341 g/mol. The van der Waals surface area contributed by atoms with E-state index >= 15 is 0 Å². The second kappa shape index (κ2) is 6.66. The summed E-state index contributed by atoms with van der Waals surface area (Å²) in [7, 11) is 0. The molecule has 1 unspecified atom stereocenters. The first kappa shape index (κ1) is 16.9. The van der Waals surface area contributed by atoms with Gasteiger partial charge in [-0.05, 0) is 86.3 Å². The van der Waals surface area contributed by atoms with Gasteiger partial charge in [-0.3, -0.25) is 4.79 Å². The summed E-state index contributed by atoms with van der Waals surface area (Å²) in [5, 5.41) is 3.08. The normalized spacial score (nSPS) is 33.9. The van der Waals surface area contributed by atoms with E-state index in [1.54, 1.807) is 0 Å². The summed E-state index contributed by atoms with van der Waals surface area (Å²) >= 11 is 0. The van der Waals surface area contributed by atoms with Gasteiger partial charge in [0.15, 0.2) is 6.73 Å². The molecule has 1 N–H and O–H groups in total. The highest BCUT2D eigenvalue weighted by Gasteiger charge is 2.54. The van der Waals surface area contributed by atoms with Crippen LogP contribution in [0.5, 0.6) is 5.75 Å². The van der Waals surface area contributed by atoms with Crippen LogP contribution in [0.3, 0.4) is 0 Å². The molecule has 1 amide bonds. The van der Waals surface area contributed by atoms with Gasteiger partial charge in [0.1, 0.15) is 5.75 Å². The van der Waals surface area contributed by atoms with E-state index in [1.165, 1.54) is 24.8 Å². The number of benzene rings is 1. The van der Waals surface area contributed by atoms with Crippen molar-refractivity contribution in [2.24, 2.45) is 23.2 Å². The maximum atomic E-state index is 12.9. The molecule has 5 rings (SSSR count). The number of ether oxygens (including phenoxy) is 1. The SMILES string of the molecule is CCC(C)c1ccc(OCNC(=O)C23CC4CC(CC(C4)C2)C3)cc1. The summed E-state index contributed by atoms with van der Waals surface area (Å²) in [6.45, 7) is 4.72. The largest absolute Gasteiger partial charge is 0.473 e. The van der Waals surface area contributed by atoms with E-state index in [9.17, 15) is 4.79 Å². The van der Waals surface area contributed by atoms with Gasteiger partial charge < -0.3 is 10.1 Å². The molecule has 1 atom stereocenters. The van der Waals surface area contributed by atoms with Gasteiger partial charge in [-0.2, -0.15) is 0 Å². The second-order valence-corrected chi connectivity index (χ2v) is 8.87. The van der Waals surface area contributed by atoms with Crippen molar-refractivity contribution < 1.29 is 9.53 Å². The van der Waals surface area contributed by atoms with Crippen LogP contribution in [0.1, 0.15) is 70.3 Å². The minimum Gasteiger partial charge on any atom is -0.473 e. The fourth-order valence-corrected chi connectivity index (χ4v) is 5.89. The van der Waals surface area contributed by atoms with Crippen LogP contribution in [0.4, 0.5) is 0 Å². The molecule has 1 aromatic rings. The Bertz CT molecular complexity index is 586. The molecule has 0 saturated heterocycles. The Hall–Kier alpha value is -1.51. The van der Waals surface area contributed by atoms with Crippen LogP contribution < -0.4 is 10.1 Å². The van der Waals surface area contributed by atoms with Crippen molar-refractivity contribution in [3.05, 3.63) is 29.8 Å². The van der Waals surface area contributed by atoms with Gasteiger partial charge in [-0.25, -0.2) is 0 Å². The predicted octanol–water partition coefficient (Wildman–Crippen LogP) is 4.87. The van der Waals surface area contributed by atoms with Crippen LogP contribution >= 0.6 is 0 Å². The van der Waals surface area contributed by atoms with Crippen LogP contribution in [-0.2, 0) is 4.79 Å². The average Bonchev–Trinajstić information content (AvgIpc) is 2.60. The fraction of sp³-hybridized carbons (Fsp3) is 0.682. The standard InChI is InChI=1S/C22H31NO2/c1-3-15(2)19-4-6-20(7-5-19)25-14-23-21(24)22-11-16-8-17(12-22)10-18(9-16)13-22/h4-7,15-18H,3,8-14H2,1-2H3,(H,23,24). The third-order valence-corrected chi connectivity index (χ3v) is 7.05. The van der Waals surface area contributed by atoms with Crippen LogP contribution in [-0.4, -0.2) is 12.6 Å². The molecule has 0 heterocycles. The van der Waals surface area contributed by atoms with Crippen molar-refractivity contribution in [1.29, 1.82) is 0 Å². The van der Waals surface area contributed by atoms with Crippen LogP contribution in [0.25, 0.3) is 0 Å². The lowest BCUT2D eigenvalue weighted by Gasteiger charge is -2.55. The smallest absolute Gasteiger partial charge is 0.228 e. The van der Waals surface area contributed by atoms with Gasteiger partial charge in [-0.15, -0.1) is 0 Å². The summed E-state index contributed by atoms with van der Waals surface area (Å²) in [4.78, 5) is 12.9. The van der Waals surface area contributed by atoms with Crippen molar-refractivity contribution in [1.82, 2.24) is 5.32 Å². The van der Waals surface area contributed by atoms with E-state index in [2.05, 4.69) is 31.3 Å². The zero-order valence-electron chi connectivity index (χ0n) is 15.6. The molecule has 4 saturated carbocycles. The highest BCUT2D eigenvalue weighted by molar-refractivity contribution is 5.83. The van der Waals surface area contributed by atoms with Gasteiger partial charge in [0.05, 0.1) is 5.41 Å². The van der Waals surface area contributed by atoms with Gasteiger partial charge in [-0.1, -0.05) is 26.0 Å². The Balaban J connectivity index is 1.31. The molecule has 4 aliphatic rings. The predicted molar refractivity (Wildman–Crippen MR) is 99.4 cm³/mol. The maximum Gasteiger partial charge on any atom is 0.228 e. The molecule has 25 heavy (non-hydrogen) atoms. The van der Waals surface area contributed by atoms with Gasteiger partial charge in [0, 0.05) is 0 Å². The van der Waals surface area contributed by atoms with Crippen molar-refractivity contribution >= 4 is 5.91 Å². The zero-order valence-corrected chi connectivity index (χ0v) is 15.6. The van der Waals surface area contributed by atoms with E-state index in [4.69, 9.17) is 4.74 Å². The summed E-state index contributed by atoms with van der Waals surface area (Å²) in [6.07, 6.45) is 8.56. The number of carbonyl (C=O) groups is 1. The summed E-state index contributed by atoms with van der Waals surface area (Å²) in [5.41, 5.74) is 1.26. The quantitative estimate of drug-likeness (QED) is 0.750. The molecule has 4 fully saturated rings. The van der Waals surface area contributed by atoms with Crippen molar-refractivity contribution in [2.75, 3.05) is 6.73 Å². The van der Waals surface area contributed by atoms with E-state index in [0.29, 0.717) is 5.92 Å². The van der Waals surface area contributed by atoms with E-state index in [1.807, 2.05) is 12.1 Å². The van der Waals surface area contributed by atoms with Crippen LogP contribution in [0, 0.1) is 23.2 Å². The highest BCUT2D eigenvalue weighted by Crippen LogP contribution is 2.60. The highest BCUT2D eigenvalue weighted by atomic mass is 16.5. The van der Waals surface area contributed by atoms with E-state index in [-0.39, 0.29) is 18.1 Å². The fourth-order valence-electron chi connectivity index (χ4n) is 5.89. The Morgan fingerprint density at radius 2 is 1.68 bits per heavy atom. The van der Waals surface area contributed by atoms with E-state index in [0.717, 1.165) is 49.2 Å². The number of amides is 1. The lowest BCUT2D eigenvalue weighted by molar-refractivity contribution is -0.147. The first-order chi connectivity index (χ1) is 12.1. The lowest BCUT2D eigenvalue weighted by Crippen LogP contribution is -2.54. The summed E-state index contributed by atoms with van der Waals surface area (Å²) < 4.78 is 5.78. The van der Waals surface area contributed by atoms with Gasteiger partial charge in [0.2, 0.25) is 5.91 Å². The van der Waals surface area contributed by atoms with Crippen LogP contribution in [0.15, 0.2) is 24.3 Å². The minimum absolute atomic E-state index is 0.0848. The van der Waals surface area contributed by atoms with Crippen molar-refractivity contribution in [3.8, 4) is 5.75 Å². The minimum atomic E-state index is -0.0848. The molecule has 0 radical (unpaired) electrons. The number of rotatable bonds is 6. The molecule has 136 valence electrons. The molecule has 3 heteroatoms. The Labute approximate surface area is 151 Å². The molecule has 4 bridgehead atoms. The number of nitrogens with one attached hydrogen (secondary N) is 1. The van der Waals surface area contributed by atoms with E-state index < -0.39 is 0 Å². The molecular weight excluding hydrogens is 310 g/mol. The summed E-state index contributed by atoms with van der Waals surface area (Å²) in [5.74, 6) is 4.04. The van der Waals surface area contributed by atoms with Gasteiger partial charge >= 0.3 is 0 Å². The molecule has 0 spiro atoms. The maximum absolute atomic E-state index is 12.9. The van der Waals surface area contributed by atoms with Crippen molar-refractivity contribution in [3.63, 3.8) is 0 Å². The number of carbonyl (C=O) groups excluding carboxylic acids is 1. The topological polar surface area (TPSA) is 38.3 Å². The second-order valence-electron chi connectivity index (χ2n) is 8.87. The lowest BCUT2D eigenvalue weighted by atomic mass is 9.49. The number of hydrogen-bond donors (Lipinski definition) is 1. The van der Waals surface area contributed by atoms with Gasteiger partial charge in [0.25, 0.3) is 0 Å². The summed E-state index contributed by atoms with van der Waals surface area (Å²) in [6, 6.07) is 8.28. The van der Waals surface area contributed by atoms with Crippen molar-refractivity contribution in [2.45, 2.75) is 64.7 Å². The average molecular weight is 341 g/mol. The molecule has 1 aromatic carbocycles. The third kappa shape index (κ3) is 3.30. The third-order valence-electron chi connectivity index (χ3n) is 7.05. The number of hydrogen-bond acceptors (Lipinski definition) is 2. The Morgan fingerprint density at radius 3 is 2.20 bits per heavy atom. The first-order valence-corrected chi connectivity index (χ1v) is 10.1. The molecule has 4 aliphatic carbocycles. The zero-order chi connectivity index (χ0) is 17.4. The Morgan fingerprint density at radius 1 is 1.12 bits per heavy atom.